The summed E-state index contributed by atoms with van der Waals surface area (Å²) in [4.78, 5) is 24.1. The predicted molar refractivity (Wildman–Crippen MR) is 95.4 cm³/mol. The van der Waals surface area contributed by atoms with Crippen molar-refractivity contribution in [2.75, 3.05) is 18.0 Å². The second kappa shape index (κ2) is 7.11. The van der Waals surface area contributed by atoms with E-state index >= 15 is 0 Å². The second-order valence-electron chi connectivity index (χ2n) is 6.52. The van der Waals surface area contributed by atoms with Gasteiger partial charge in [-0.25, -0.2) is 27.8 Å². The molecule has 0 unspecified atom stereocenters. The first-order chi connectivity index (χ1) is 13.8. The molecule has 2 aromatic heterocycles. The van der Waals surface area contributed by atoms with Gasteiger partial charge in [-0.05, 0) is 6.07 Å². The first kappa shape index (κ1) is 18.8. The van der Waals surface area contributed by atoms with E-state index in [9.17, 15) is 23.3 Å². The number of aromatic nitrogens is 5. The maximum Gasteiger partial charge on any atom is 0.272 e. The van der Waals surface area contributed by atoms with Crippen molar-refractivity contribution in [3.8, 4) is 17.1 Å². The number of hydrogen-bond donors (Lipinski definition) is 0. The van der Waals surface area contributed by atoms with E-state index in [0.717, 1.165) is 6.07 Å². The van der Waals surface area contributed by atoms with E-state index in [1.165, 1.54) is 35.5 Å². The smallest absolute Gasteiger partial charge is 0.272 e. The van der Waals surface area contributed by atoms with Gasteiger partial charge in [-0.1, -0.05) is 0 Å². The van der Waals surface area contributed by atoms with Crippen LogP contribution in [0.1, 0.15) is 12.8 Å². The van der Waals surface area contributed by atoms with E-state index in [0.29, 0.717) is 5.56 Å². The minimum atomic E-state index is -2.68. The molecule has 0 saturated carbocycles. The molecule has 9 nitrogen and oxygen atoms in total. The van der Waals surface area contributed by atoms with Crippen molar-refractivity contribution in [3.05, 3.63) is 52.9 Å². The Morgan fingerprint density at radius 3 is 2.62 bits per heavy atom. The van der Waals surface area contributed by atoms with Crippen LogP contribution in [0.25, 0.3) is 17.1 Å². The third-order valence-corrected chi connectivity index (χ3v) is 4.57. The maximum absolute atomic E-state index is 14.2. The second-order valence-corrected chi connectivity index (χ2v) is 6.52. The Bertz CT molecular complexity index is 1060. The van der Waals surface area contributed by atoms with E-state index in [2.05, 4.69) is 20.1 Å². The molecule has 29 heavy (non-hydrogen) atoms. The summed E-state index contributed by atoms with van der Waals surface area (Å²) < 4.78 is 42.1. The normalized spacial score (nSPS) is 16.0. The van der Waals surface area contributed by atoms with Crippen LogP contribution >= 0.6 is 0 Å². The number of nitro benzene ring substituents is 1. The number of alkyl halides is 2. The third-order valence-electron chi connectivity index (χ3n) is 4.57. The van der Waals surface area contributed by atoms with Crippen LogP contribution in [0.4, 0.5) is 24.8 Å². The lowest BCUT2D eigenvalue weighted by atomic mass is 10.1. The van der Waals surface area contributed by atoms with Gasteiger partial charge in [-0.2, -0.15) is 10.1 Å². The molecule has 3 heterocycles. The molecule has 150 valence electrons. The van der Waals surface area contributed by atoms with Crippen molar-refractivity contribution in [3.63, 3.8) is 0 Å². The van der Waals surface area contributed by atoms with Crippen LogP contribution in [-0.4, -0.2) is 48.7 Å². The maximum atomic E-state index is 14.2. The highest BCUT2D eigenvalue weighted by atomic mass is 19.3. The van der Waals surface area contributed by atoms with Gasteiger partial charge in [0.05, 0.1) is 22.7 Å². The molecular formula is C17H14F3N7O2. The number of hydrogen-bond acceptors (Lipinski definition) is 7. The number of non-ortho nitro benzene ring substituents is 1. The molecule has 0 atom stereocenters. The number of anilines is 1. The molecule has 1 saturated heterocycles. The molecule has 0 spiro atoms. The number of benzene rings is 1. The summed E-state index contributed by atoms with van der Waals surface area (Å²) in [5, 5.41) is 14.8. The predicted octanol–water partition coefficient (Wildman–Crippen LogP) is 3.01. The Labute approximate surface area is 162 Å². The van der Waals surface area contributed by atoms with E-state index in [1.54, 1.807) is 4.90 Å². The fraction of sp³-hybridized carbons (Fsp3) is 0.294. The van der Waals surface area contributed by atoms with Crippen molar-refractivity contribution < 1.29 is 18.1 Å². The van der Waals surface area contributed by atoms with Crippen molar-refractivity contribution >= 4 is 11.6 Å². The van der Waals surface area contributed by atoms with Crippen LogP contribution < -0.4 is 4.90 Å². The molecule has 1 aromatic carbocycles. The summed E-state index contributed by atoms with van der Waals surface area (Å²) in [6.45, 7) is 0.257. The van der Waals surface area contributed by atoms with Gasteiger partial charge in [0.1, 0.15) is 12.0 Å². The largest absolute Gasteiger partial charge is 0.340 e. The average molecular weight is 405 g/mol. The third kappa shape index (κ3) is 3.86. The molecular weight excluding hydrogens is 391 g/mol. The molecule has 1 fully saturated rings. The Morgan fingerprint density at radius 2 is 1.93 bits per heavy atom. The minimum Gasteiger partial charge on any atom is -0.340 e. The van der Waals surface area contributed by atoms with Crippen LogP contribution in [0.3, 0.4) is 0 Å². The zero-order valence-corrected chi connectivity index (χ0v) is 14.9. The summed E-state index contributed by atoms with van der Waals surface area (Å²) >= 11 is 0. The Morgan fingerprint density at radius 1 is 1.17 bits per heavy atom. The molecule has 0 amide bonds. The molecule has 0 radical (unpaired) electrons. The summed E-state index contributed by atoms with van der Waals surface area (Å²) in [5.74, 6) is -2.96. The van der Waals surface area contributed by atoms with Gasteiger partial charge in [0, 0.05) is 38.2 Å². The number of halogens is 3. The summed E-state index contributed by atoms with van der Waals surface area (Å²) in [5.41, 5.74) is 0.107. The standard InChI is InChI=1S/C17H14F3N7O2/c18-13-7-12(27(28)29)1-2-14(13)26-9-11(8-23-26)15-21-10-22-16(24-15)25-5-3-17(19,20)4-6-25/h1-2,7-10H,3-6H2. The Hall–Kier alpha value is -3.57. The molecule has 1 aliphatic rings. The topological polar surface area (TPSA) is 103 Å². The zero-order valence-electron chi connectivity index (χ0n) is 14.9. The highest BCUT2D eigenvalue weighted by Gasteiger charge is 2.34. The first-order valence-electron chi connectivity index (χ1n) is 8.64. The lowest BCUT2D eigenvalue weighted by Crippen LogP contribution is -2.40. The molecule has 4 rings (SSSR count). The molecule has 0 N–H and O–H groups in total. The molecule has 0 bridgehead atoms. The van der Waals surface area contributed by atoms with Gasteiger partial charge >= 0.3 is 0 Å². The average Bonchev–Trinajstić information content (AvgIpc) is 3.18. The fourth-order valence-electron chi connectivity index (χ4n) is 2.98. The Balaban J connectivity index is 1.58. The van der Waals surface area contributed by atoms with E-state index in [-0.39, 0.29) is 49.1 Å². The highest BCUT2D eigenvalue weighted by molar-refractivity contribution is 5.55. The Kier molecular flexibility index (Phi) is 4.60. The number of nitro groups is 1. The van der Waals surface area contributed by atoms with Crippen LogP contribution in [0.15, 0.2) is 36.9 Å². The van der Waals surface area contributed by atoms with Crippen LogP contribution in [-0.2, 0) is 0 Å². The number of piperidine rings is 1. The quantitative estimate of drug-likeness (QED) is 0.486. The van der Waals surface area contributed by atoms with Crippen molar-refractivity contribution in [2.45, 2.75) is 18.8 Å². The van der Waals surface area contributed by atoms with Crippen molar-refractivity contribution in [2.24, 2.45) is 0 Å². The van der Waals surface area contributed by atoms with E-state index in [4.69, 9.17) is 0 Å². The lowest BCUT2D eigenvalue weighted by Gasteiger charge is -2.31. The summed E-state index contributed by atoms with van der Waals surface area (Å²) in [6, 6.07) is 3.23. The molecule has 0 aliphatic carbocycles. The van der Waals surface area contributed by atoms with Crippen molar-refractivity contribution in [1.29, 1.82) is 0 Å². The van der Waals surface area contributed by atoms with Gasteiger partial charge in [0.25, 0.3) is 11.6 Å². The van der Waals surface area contributed by atoms with Crippen molar-refractivity contribution in [1.82, 2.24) is 24.7 Å². The molecule has 12 heteroatoms. The summed E-state index contributed by atoms with van der Waals surface area (Å²) in [6.07, 6.45) is 3.60. The monoisotopic (exact) mass is 405 g/mol. The SMILES string of the molecule is O=[N+]([O-])c1ccc(-n2cc(-c3ncnc(N4CCC(F)(F)CC4)n3)cn2)c(F)c1. The number of nitrogens with zero attached hydrogens (tertiary/aromatic N) is 7. The zero-order chi connectivity index (χ0) is 20.6. The fourth-order valence-corrected chi connectivity index (χ4v) is 2.98. The van der Waals surface area contributed by atoms with Gasteiger partial charge in [0.15, 0.2) is 11.6 Å². The number of rotatable bonds is 4. The van der Waals surface area contributed by atoms with Crippen LogP contribution in [0, 0.1) is 15.9 Å². The van der Waals surface area contributed by atoms with Crippen LogP contribution in [0.5, 0.6) is 0 Å². The summed E-state index contributed by atoms with van der Waals surface area (Å²) in [7, 11) is 0. The van der Waals surface area contributed by atoms with Gasteiger partial charge in [0.2, 0.25) is 5.95 Å². The highest BCUT2D eigenvalue weighted by Crippen LogP contribution is 2.29. The van der Waals surface area contributed by atoms with Gasteiger partial charge in [-0.3, -0.25) is 10.1 Å². The molecule has 1 aliphatic heterocycles. The first-order valence-corrected chi connectivity index (χ1v) is 8.64. The van der Waals surface area contributed by atoms with E-state index < -0.39 is 16.7 Å². The minimum absolute atomic E-state index is 0.0226. The van der Waals surface area contributed by atoms with Crippen LogP contribution in [0.2, 0.25) is 0 Å². The van der Waals surface area contributed by atoms with Gasteiger partial charge < -0.3 is 4.90 Å². The lowest BCUT2D eigenvalue weighted by molar-refractivity contribution is -0.385. The van der Waals surface area contributed by atoms with Gasteiger partial charge in [-0.15, -0.1) is 0 Å². The van der Waals surface area contributed by atoms with E-state index in [1.807, 2.05) is 0 Å². The molecule has 3 aromatic rings.